The van der Waals surface area contributed by atoms with Gasteiger partial charge in [-0.3, -0.25) is 9.40 Å². The van der Waals surface area contributed by atoms with Crippen LogP contribution in [0.25, 0.3) is 0 Å². The number of anilines is 1. The van der Waals surface area contributed by atoms with Gasteiger partial charge < -0.3 is 0 Å². The average molecular weight is 324 g/mol. The van der Waals surface area contributed by atoms with Crippen molar-refractivity contribution < 1.29 is 0 Å². The van der Waals surface area contributed by atoms with Crippen molar-refractivity contribution in [2.45, 2.75) is 42.9 Å². The third-order valence-corrected chi connectivity index (χ3v) is 4.60. The molecule has 0 bridgehead atoms. The molecule has 112 valence electrons. The van der Waals surface area contributed by atoms with E-state index in [0.29, 0.717) is 17.0 Å². The van der Waals surface area contributed by atoms with E-state index in [1.165, 1.54) is 44.1 Å². The van der Waals surface area contributed by atoms with Gasteiger partial charge in [-0.05, 0) is 30.9 Å². The van der Waals surface area contributed by atoms with E-state index in [1.54, 1.807) is 10.9 Å². The molecule has 5 nitrogen and oxygen atoms in total. The summed E-state index contributed by atoms with van der Waals surface area (Å²) in [6.07, 6.45) is 10.0. The number of nitrogens with one attached hydrogen (secondary N) is 1. The van der Waals surface area contributed by atoms with Crippen LogP contribution in [0.2, 0.25) is 5.15 Å². The lowest BCUT2D eigenvalue weighted by Gasteiger charge is -2.21. The van der Waals surface area contributed by atoms with Gasteiger partial charge >= 0.3 is 0 Å². The zero-order chi connectivity index (χ0) is 14.7. The zero-order valence-electron chi connectivity index (χ0n) is 11.9. The van der Waals surface area contributed by atoms with Gasteiger partial charge in [0, 0.05) is 19.2 Å². The Bertz CT molecular complexity index is 609. The summed E-state index contributed by atoms with van der Waals surface area (Å²) >= 11 is 7.58. The van der Waals surface area contributed by atoms with Crippen LogP contribution in [0.1, 0.15) is 43.7 Å². The first kappa shape index (κ1) is 14.7. The summed E-state index contributed by atoms with van der Waals surface area (Å²) in [5.74, 6) is 1.08. The first-order valence-corrected chi connectivity index (χ1v) is 8.36. The number of hydrogen-bond donors (Lipinski definition) is 1. The molecule has 0 unspecified atom stereocenters. The molecule has 2 aromatic heterocycles. The van der Waals surface area contributed by atoms with Crippen LogP contribution in [0.5, 0.6) is 0 Å². The molecule has 3 rings (SSSR count). The lowest BCUT2D eigenvalue weighted by atomic mass is 9.87. The van der Waals surface area contributed by atoms with Crippen LogP contribution in [0.15, 0.2) is 23.4 Å². The van der Waals surface area contributed by atoms with E-state index in [4.69, 9.17) is 11.6 Å². The maximum atomic E-state index is 6.14. The predicted octanol–water partition coefficient (Wildman–Crippen LogP) is 4.03. The summed E-state index contributed by atoms with van der Waals surface area (Å²) < 4.78 is 4.91. The second-order valence-corrected chi connectivity index (χ2v) is 6.59. The molecule has 0 radical (unpaired) electrons. The van der Waals surface area contributed by atoms with Crippen LogP contribution in [-0.2, 0) is 7.05 Å². The molecule has 1 fully saturated rings. The molecule has 0 amide bonds. The van der Waals surface area contributed by atoms with Gasteiger partial charge in [0.2, 0.25) is 5.95 Å². The van der Waals surface area contributed by atoms with E-state index < -0.39 is 0 Å². The summed E-state index contributed by atoms with van der Waals surface area (Å²) in [4.78, 5) is 9.88. The third-order valence-electron chi connectivity index (χ3n) is 3.68. The number of aromatic nitrogens is 4. The minimum absolute atomic E-state index is 0.500. The van der Waals surface area contributed by atoms with Crippen molar-refractivity contribution in [3.8, 4) is 0 Å². The van der Waals surface area contributed by atoms with Gasteiger partial charge in [0.05, 0.1) is 16.8 Å². The number of nitrogens with zero attached hydrogens (tertiary/aromatic N) is 4. The Morgan fingerprint density at radius 3 is 2.81 bits per heavy atom. The fourth-order valence-corrected chi connectivity index (χ4v) is 3.44. The highest BCUT2D eigenvalue weighted by atomic mass is 35.5. The van der Waals surface area contributed by atoms with Crippen molar-refractivity contribution >= 4 is 29.5 Å². The number of rotatable bonds is 4. The van der Waals surface area contributed by atoms with E-state index in [0.717, 1.165) is 10.6 Å². The third kappa shape index (κ3) is 3.89. The summed E-state index contributed by atoms with van der Waals surface area (Å²) in [5, 5.41) is 4.63. The molecule has 1 aliphatic rings. The van der Waals surface area contributed by atoms with Crippen LogP contribution in [0.4, 0.5) is 5.95 Å². The molecule has 0 aliphatic heterocycles. The maximum Gasteiger partial charge on any atom is 0.234 e. The molecule has 1 N–H and O–H groups in total. The first-order valence-electron chi connectivity index (χ1n) is 7.17. The Morgan fingerprint density at radius 2 is 2.10 bits per heavy atom. The Kier molecular flexibility index (Phi) is 4.65. The van der Waals surface area contributed by atoms with Gasteiger partial charge in [-0.25, -0.2) is 9.97 Å². The van der Waals surface area contributed by atoms with Gasteiger partial charge in [0.1, 0.15) is 5.15 Å². The minimum atomic E-state index is 0.500. The highest BCUT2D eigenvalue weighted by Gasteiger charge is 2.18. The van der Waals surface area contributed by atoms with Crippen molar-refractivity contribution in [3.05, 3.63) is 29.3 Å². The van der Waals surface area contributed by atoms with E-state index in [9.17, 15) is 0 Å². The van der Waals surface area contributed by atoms with Crippen molar-refractivity contribution in [2.24, 2.45) is 7.05 Å². The van der Waals surface area contributed by atoms with Crippen LogP contribution in [-0.4, -0.2) is 19.7 Å². The van der Waals surface area contributed by atoms with Crippen molar-refractivity contribution in [1.29, 1.82) is 0 Å². The highest BCUT2D eigenvalue weighted by molar-refractivity contribution is 8.00. The van der Waals surface area contributed by atoms with Crippen LogP contribution in [0.3, 0.4) is 0 Å². The Balaban J connectivity index is 1.71. The molecule has 1 aliphatic carbocycles. The second kappa shape index (κ2) is 6.66. The number of hydrogen-bond acceptors (Lipinski definition) is 5. The smallest absolute Gasteiger partial charge is 0.234 e. The zero-order valence-corrected chi connectivity index (χ0v) is 13.5. The van der Waals surface area contributed by atoms with Crippen LogP contribution in [0, 0.1) is 0 Å². The largest absolute Gasteiger partial charge is 0.294 e. The summed E-state index contributed by atoms with van der Waals surface area (Å²) in [6.45, 7) is 0. The summed E-state index contributed by atoms with van der Waals surface area (Å²) in [7, 11) is 1.89. The Morgan fingerprint density at radius 1 is 1.29 bits per heavy atom. The van der Waals surface area contributed by atoms with E-state index >= 15 is 0 Å². The molecule has 7 heteroatoms. The fraction of sp³-hybridized carbons (Fsp3) is 0.500. The van der Waals surface area contributed by atoms with Crippen LogP contribution >= 0.6 is 23.5 Å². The summed E-state index contributed by atoms with van der Waals surface area (Å²) in [6, 6.07) is 1.90. The summed E-state index contributed by atoms with van der Waals surface area (Å²) in [5.41, 5.74) is 1.06. The second-order valence-electron chi connectivity index (χ2n) is 5.33. The normalized spacial score (nSPS) is 16.1. The van der Waals surface area contributed by atoms with Crippen molar-refractivity contribution in [1.82, 2.24) is 19.7 Å². The molecule has 2 aromatic rings. The van der Waals surface area contributed by atoms with E-state index in [1.807, 2.05) is 19.3 Å². The molecule has 0 saturated heterocycles. The molecule has 0 spiro atoms. The monoisotopic (exact) mass is 323 g/mol. The number of aryl methyl sites for hydroxylation is 1. The SMILES string of the molecule is Cn1cc(SNc2nc(Cl)cc(C3CCCCC3)n2)cn1. The van der Waals surface area contributed by atoms with Crippen molar-refractivity contribution in [2.75, 3.05) is 4.72 Å². The average Bonchev–Trinajstić information content (AvgIpc) is 2.91. The van der Waals surface area contributed by atoms with Gasteiger partial charge in [0.15, 0.2) is 0 Å². The lowest BCUT2D eigenvalue weighted by Crippen LogP contribution is -2.08. The van der Waals surface area contributed by atoms with Gasteiger partial charge in [-0.2, -0.15) is 5.10 Å². The lowest BCUT2D eigenvalue weighted by molar-refractivity contribution is 0.436. The predicted molar refractivity (Wildman–Crippen MR) is 85.6 cm³/mol. The topological polar surface area (TPSA) is 55.6 Å². The molecule has 2 heterocycles. The first-order chi connectivity index (χ1) is 10.2. The van der Waals surface area contributed by atoms with E-state index in [-0.39, 0.29) is 0 Å². The number of halogens is 1. The highest BCUT2D eigenvalue weighted by Crippen LogP contribution is 2.33. The molecule has 21 heavy (non-hydrogen) atoms. The fourth-order valence-electron chi connectivity index (χ4n) is 2.64. The van der Waals surface area contributed by atoms with Gasteiger partial charge in [0.25, 0.3) is 0 Å². The standard InChI is InChI=1S/C14H18ClN5S/c1-20-9-11(8-16-20)21-19-14-17-12(7-13(15)18-14)10-5-3-2-4-6-10/h7-10H,2-6H2,1H3,(H,17,18,19). The van der Waals surface area contributed by atoms with Gasteiger partial charge in [-0.15, -0.1) is 0 Å². The molecule has 0 atom stereocenters. The molecule has 0 aromatic carbocycles. The van der Waals surface area contributed by atoms with Gasteiger partial charge in [-0.1, -0.05) is 30.9 Å². The molecular formula is C14H18ClN5S. The quantitative estimate of drug-likeness (QED) is 0.680. The molecular weight excluding hydrogens is 306 g/mol. The van der Waals surface area contributed by atoms with E-state index in [2.05, 4.69) is 19.8 Å². The van der Waals surface area contributed by atoms with Crippen LogP contribution < -0.4 is 4.72 Å². The Hall–Kier alpha value is -1.27. The molecule has 1 saturated carbocycles. The Labute approximate surface area is 133 Å². The van der Waals surface area contributed by atoms with Crippen molar-refractivity contribution in [3.63, 3.8) is 0 Å². The minimum Gasteiger partial charge on any atom is -0.294 e. The maximum absolute atomic E-state index is 6.14.